The van der Waals surface area contributed by atoms with Crippen LogP contribution in [0.1, 0.15) is 29.2 Å². The average Bonchev–Trinajstić information content (AvgIpc) is 3.39. The quantitative estimate of drug-likeness (QED) is 0.290. The third kappa shape index (κ3) is 5.31. The molecule has 1 N–H and O–H groups in total. The van der Waals surface area contributed by atoms with Crippen molar-refractivity contribution in [2.45, 2.75) is 33.4 Å². The van der Waals surface area contributed by atoms with Crippen molar-refractivity contribution in [3.05, 3.63) is 117 Å². The Morgan fingerprint density at radius 2 is 1.67 bits per heavy atom. The Balaban J connectivity index is 1.55. The van der Waals surface area contributed by atoms with E-state index in [1.807, 2.05) is 6.92 Å². The summed E-state index contributed by atoms with van der Waals surface area (Å²) in [5.41, 5.74) is 2.52. The van der Waals surface area contributed by atoms with Gasteiger partial charge >= 0.3 is 0 Å². The number of halogens is 3. The van der Waals surface area contributed by atoms with Gasteiger partial charge < -0.3 is 5.11 Å². The van der Waals surface area contributed by atoms with Crippen LogP contribution in [0, 0.1) is 24.5 Å². The summed E-state index contributed by atoms with van der Waals surface area (Å²) in [6.07, 6.45) is 3.15. The molecule has 39 heavy (non-hydrogen) atoms. The third-order valence-corrected chi connectivity index (χ3v) is 6.49. The van der Waals surface area contributed by atoms with Crippen LogP contribution in [0.4, 0.5) is 13.2 Å². The molecule has 0 atom stereocenters. The average molecular weight is 532 g/mol. The summed E-state index contributed by atoms with van der Waals surface area (Å²) in [5, 5.41) is 15.7. The van der Waals surface area contributed by atoms with Crippen LogP contribution >= 0.6 is 0 Å². The summed E-state index contributed by atoms with van der Waals surface area (Å²) in [4.78, 5) is 21.0. The monoisotopic (exact) mass is 531 g/mol. The van der Waals surface area contributed by atoms with Crippen molar-refractivity contribution in [1.82, 2.24) is 24.3 Å². The zero-order chi connectivity index (χ0) is 27.7. The van der Waals surface area contributed by atoms with Crippen LogP contribution in [-0.4, -0.2) is 29.4 Å². The van der Waals surface area contributed by atoms with Crippen LogP contribution in [-0.2, 0) is 19.5 Å². The molecule has 0 aliphatic heterocycles. The molecule has 0 saturated carbocycles. The number of nitrogens with zero attached hydrogens (tertiary/aromatic N) is 5. The number of aromatic hydroxyl groups is 1. The van der Waals surface area contributed by atoms with E-state index in [0.717, 1.165) is 23.8 Å². The Bertz CT molecular complexity index is 1710. The smallest absolute Gasteiger partial charge is 0.280 e. The number of aryl methyl sites for hydroxylation is 1. The number of benzene rings is 2. The highest BCUT2D eigenvalue weighted by atomic mass is 19.1. The molecule has 10 heteroatoms. The normalized spacial score (nSPS) is 11.2. The van der Waals surface area contributed by atoms with E-state index < -0.39 is 23.1 Å². The first-order valence-corrected chi connectivity index (χ1v) is 12.3. The minimum absolute atomic E-state index is 0.0180. The van der Waals surface area contributed by atoms with Crippen LogP contribution in [0.15, 0.2) is 71.8 Å². The van der Waals surface area contributed by atoms with E-state index in [9.17, 15) is 23.1 Å². The maximum atomic E-state index is 13.9. The van der Waals surface area contributed by atoms with Crippen LogP contribution in [0.3, 0.4) is 0 Å². The molecule has 5 aromatic rings. The second-order valence-corrected chi connectivity index (χ2v) is 9.11. The molecular formula is C29H24F3N5O2. The van der Waals surface area contributed by atoms with E-state index in [1.54, 1.807) is 54.2 Å². The van der Waals surface area contributed by atoms with Crippen LogP contribution in [0.25, 0.3) is 22.6 Å². The van der Waals surface area contributed by atoms with Gasteiger partial charge in [-0.1, -0.05) is 24.3 Å². The van der Waals surface area contributed by atoms with Crippen molar-refractivity contribution in [3.8, 4) is 28.5 Å². The number of rotatable bonds is 7. The standard InChI is InChI=1S/C29H24F3N5O2/c1-3-36-11-9-25(35-36)27-34-28(38)24(29(39)37(27)16-19-12-21(30)15-22(31)13-19)14-18-4-6-20(7-5-18)23-8-10-33-26(32)17(23)2/h4-13,15,39H,3,14,16H2,1-2H3. The van der Waals surface area contributed by atoms with Crippen molar-refractivity contribution in [2.75, 3.05) is 0 Å². The molecule has 0 aliphatic rings. The molecule has 0 fully saturated rings. The molecule has 0 amide bonds. The van der Waals surface area contributed by atoms with Gasteiger partial charge in [0.2, 0.25) is 11.8 Å². The number of hydrogen-bond donors (Lipinski definition) is 1. The van der Waals surface area contributed by atoms with Crippen molar-refractivity contribution in [3.63, 3.8) is 0 Å². The van der Waals surface area contributed by atoms with Crippen molar-refractivity contribution in [1.29, 1.82) is 0 Å². The van der Waals surface area contributed by atoms with Crippen LogP contribution < -0.4 is 5.56 Å². The molecule has 3 aromatic heterocycles. The van der Waals surface area contributed by atoms with Crippen LogP contribution in [0.5, 0.6) is 5.88 Å². The molecule has 3 heterocycles. The van der Waals surface area contributed by atoms with E-state index in [2.05, 4.69) is 15.1 Å². The fourth-order valence-corrected chi connectivity index (χ4v) is 4.45. The minimum Gasteiger partial charge on any atom is -0.494 e. The summed E-state index contributed by atoms with van der Waals surface area (Å²) in [7, 11) is 0. The zero-order valence-corrected chi connectivity index (χ0v) is 21.2. The van der Waals surface area contributed by atoms with Gasteiger partial charge in [0.05, 0.1) is 12.1 Å². The molecule has 0 saturated heterocycles. The second-order valence-electron chi connectivity index (χ2n) is 9.11. The van der Waals surface area contributed by atoms with E-state index >= 15 is 0 Å². The first-order valence-electron chi connectivity index (χ1n) is 12.3. The Morgan fingerprint density at radius 3 is 2.33 bits per heavy atom. The molecule has 7 nitrogen and oxygen atoms in total. The molecule has 0 unspecified atom stereocenters. The van der Waals surface area contributed by atoms with E-state index in [4.69, 9.17) is 0 Å². The summed E-state index contributed by atoms with van der Waals surface area (Å²) in [6, 6.07) is 13.6. The van der Waals surface area contributed by atoms with Gasteiger partial charge in [-0.15, -0.1) is 0 Å². The second kappa shape index (κ2) is 10.6. The lowest BCUT2D eigenvalue weighted by atomic mass is 9.99. The molecule has 0 aliphatic carbocycles. The lowest BCUT2D eigenvalue weighted by Gasteiger charge is -2.17. The van der Waals surface area contributed by atoms with Crippen LogP contribution in [0.2, 0.25) is 0 Å². The van der Waals surface area contributed by atoms with E-state index in [1.165, 1.54) is 10.8 Å². The first kappa shape index (κ1) is 25.9. The Hall–Kier alpha value is -4.73. The van der Waals surface area contributed by atoms with Gasteiger partial charge in [-0.3, -0.25) is 14.0 Å². The minimum atomic E-state index is -0.764. The number of hydrogen-bond acceptors (Lipinski definition) is 5. The van der Waals surface area contributed by atoms with Gasteiger partial charge in [-0.05, 0) is 60.4 Å². The lowest BCUT2D eigenvalue weighted by Crippen LogP contribution is -2.21. The van der Waals surface area contributed by atoms with Crippen molar-refractivity contribution in [2.24, 2.45) is 0 Å². The molecule has 0 bridgehead atoms. The predicted molar refractivity (Wildman–Crippen MR) is 140 cm³/mol. The van der Waals surface area contributed by atoms with Crippen molar-refractivity contribution >= 4 is 0 Å². The van der Waals surface area contributed by atoms with Gasteiger partial charge in [0, 0.05) is 37.0 Å². The highest BCUT2D eigenvalue weighted by molar-refractivity contribution is 5.67. The fraction of sp³-hybridized carbons (Fsp3) is 0.172. The summed E-state index contributed by atoms with van der Waals surface area (Å²) < 4.78 is 44.7. The largest absolute Gasteiger partial charge is 0.494 e. The summed E-state index contributed by atoms with van der Waals surface area (Å²) >= 11 is 0. The van der Waals surface area contributed by atoms with Crippen molar-refractivity contribution < 1.29 is 18.3 Å². The SMILES string of the molecule is CCn1ccc(-c2nc(=O)c(Cc3ccc(-c4ccnc(F)c4C)cc3)c(O)n2Cc2cc(F)cc(F)c2)n1. The van der Waals surface area contributed by atoms with Gasteiger partial charge in [-0.2, -0.15) is 14.5 Å². The zero-order valence-electron chi connectivity index (χ0n) is 21.2. The molecular weight excluding hydrogens is 507 g/mol. The summed E-state index contributed by atoms with van der Waals surface area (Å²) in [6.45, 7) is 3.96. The lowest BCUT2D eigenvalue weighted by molar-refractivity contribution is 0.410. The molecule has 0 spiro atoms. The van der Waals surface area contributed by atoms with E-state index in [0.29, 0.717) is 28.9 Å². The predicted octanol–water partition coefficient (Wildman–Crippen LogP) is 5.26. The van der Waals surface area contributed by atoms with Gasteiger partial charge in [0.15, 0.2) is 5.82 Å². The van der Waals surface area contributed by atoms with Gasteiger partial charge in [-0.25, -0.2) is 13.8 Å². The molecule has 5 rings (SSSR count). The topological polar surface area (TPSA) is 85.8 Å². The number of pyridine rings is 1. The van der Waals surface area contributed by atoms with E-state index in [-0.39, 0.29) is 35.8 Å². The van der Waals surface area contributed by atoms with Gasteiger partial charge in [0.25, 0.3) is 5.56 Å². The Labute approximate surface area is 221 Å². The fourth-order valence-electron chi connectivity index (χ4n) is 4.45. The molecule has 2 aromatic carbocycles. The highest BCUT2D eigenvalue weighted by Gasteiger charge is 2.21. The first-order chi connectivity index (χ1) is 18.7. The highest BCUT2D eigenvalue weighted by Crippen LogP contribution is 2.28. The maximum absolute atomic E-state index is 13.9. The maximum Gasteiger partial charge on any atom is 0.280 e. The Morgan fingerprint density at radius 1 is 0.949 bits per heavy atom. The van der Waals surface area contributed by atoms with Gasteiger partial charge in [0.1, 0.15) is 17.3 Å². The summed E-state index contributed by atoms with van der Waals surface area (Å²) in [5.74, 6) is -2.38. The molecule has 198 valence electrons. The third-order valence-electron chi connectivity index (χ3n) is 6.49. The Kier molecular flexibility index (Phi) is 7.02. The number of aromatic nitrogens is 5. The molecule has 0 radical (unpaired) electrons.